The minimum absolute atomic E-state index is 0.0153. The van der Waals surface area contributed by atoms with Gasteiger partial charge in [0.2, 0.25) is 5.78 Å². The lowest BCUT2D eigenvalue weighted by molar-refractivity contribution is -0.142. The number of carbonyl (C=O) groups is 2. The first-order valence-corrected chi connectivity index (χ1v) is 9.69. The van der Waals surface area contributed by atoms with Crippen molar-refractivity contribution in [2.45, 2.75) is 30.7 Å². The third-order valence-corrected chi connectivity index (χ3v) is 6.34. The monoisotopic (exact) mass is 361 g/mol. The molecule has 6 nitrogen and oxygen atoms in total. The fourth-order valence-corrected chi connectivity index (χ4v) is 4.03. The van der Waals surface area contributed by atoms with Crippen LogP contribution in [0.5, 0.6) is 0 Å². The Bertz CT molecular complexity index is 925. The van der Waals surface area contributed by atoms with E-state index in [0.29, 0.717) is 24.2 Å². The summed E-state index contributed by atoms with van der Waals surface area (Å²) in [5.41, 5.74) is 1.69. The van der Waals surface area contributed by atoms with Gasteiger partial charge in [-0.25, -0.2) is 8.42 Å². The first-order valence-electron chi connectivity index (χ1n) is 8.03. The van der Waals surface area contributed by atoms with Crippen molar-refractivity contribution < 1.29 is 22.7 Å². The zero-order valence-electron chi connectivity index (χ0n) is 14.1. The van der Waals surface area contributed by atoms with Crippen LogP contribution in [0.1, 0.15) is 41.0 Å². The molecule has 0 amide bonds. The standard InChI is InChI=1S/C18H19NO5S/c1-3-25(22,23)13-6-4-12(5-7-13)17(20)16-9-8-15-14(18(21)24-2)10-11-19(15)16/h4-9,14H,3,10-11H2,1-2H3. The van der Waals surface area contributed by atoms with Gasteiger partial charge in [0.15, 0.2) is 9.84 Å². The molecule has 0 bridgehead atoms. The molecule has 0 saturated heterocycles. The molecular formula is C18H19NO5S. The Kier molecular flexibility index (Phi) is 4.51. The average Bonchev–Trinajstić information content (AvgIpc) is 3.22. The molecule has 1 aromatic carbocycles. The quantitative estimate of drug-likeness (QED) is 0.602. The second-order valence-corrected chi connectivity index (χ2v) is 8.19. The lowest BCUT2D eigenvalue weighted by Crippen LogP contribution is -2.12. The van der Waals surface area contributed by atoms with Gasteiger partial charge in [-0.3, -0.25) is 9.59 Å². The van der Waals surface area contributed by atoms with Crippen LogP contribution in [0.15, 0.2) is 41.3 Å². The van der Waals surface area contributed by atoms with Crippen LogP contribution in [0.2, 0.25) is 0 Å². The number of aromatic nitrogens is 1. The molecule has 0 radical (unpaired) electrons. The number of benzene rings is 1. The van der Waals surface area contributed by atoms with Crippen LogP contribution in [0, 0.1) is 0 Å². The normalized spacial score (nSPS) is 16.5. The Labute approximate surface area is 146 Å². The van der Waals surface area contributed by atoms with Crippen molar-refractivity contribution >= 4 is 21.6 Å². The fourth-order valence-electron chi connectivity index (χ4n) is 3.15. The third kappa shape index (κ3) is 3.00. The molecule has 0 spiro atoms. The van der Waals surface area contributed by atoms with E-state index in [9.17, 15) is 18.0 Å². The summed E-state index contributed by atoms with van der Waals surface area (Å²) in [6.45, 7) is 2.15. The summed E-state index contributed by atoms with van der Waals surface area (Å²) in [5.74, 6) is -0.827. The Morgan fingerprint density at radius 2 is 1.84 bits per heavy atom. The number of ketones is 1. The number of hydrogen-bond acceptors (Lipinski definition) is 5. The molecule has 1 aliphatic heterocycles. The highest BCUT2D eigenvalue weighted by atomic mass is 32.2. The highest BCUT2D eigenvalue weighted by Crippen LogP contribution is 2.32. The molecule has 7 heteroatoms. The van der Waals surface area contributed by atoms with Gasteiger partial charge in [0.25, 0.3) is 0 Å². The minimum Gasteiger partial charge on any atom is -0.469 e. The number of fused-ring (bicyclic) bond motifs is 1. The molecule has 2 heterocycles. The van der Waals surface area contributed by atoms with Gasteiger partial charge in [0, 0.05) is 17.8 Å². The maximum atomic E-state index is 12.8. The summed E-state index contributed by atoms with van der Waals surface area (Å²) in [4.78, 5) is 24.8. The van der Waals surface area contributed by atoms with Crippen molar-refractivity contribution in [1.82, 2.24) is 4.57 Å². The number of rotatable bonds is 5. The van der Waals surface area contributed by atoms with Gasteiger partial charge < -0.3 is 9.30 Å². The molecule has 2 aromatic rings. The van der Waals surface area contributed by atoms with Gasteiger partial charge in [0.05, 0.1) is 29.4 Å². The third-order valence-electron chi connectivity index (χ3n) is 4.59. The maximum Gasteiger partial charge on any atom is 0.314 e. The first kappa shape index (κ1) is 17.4. The maximum absolute atomic E-state index is 12.8. The van der Waals surface area contributed by atoms with Gasteiger partial charge in [-0.1, -0.05) is 6.92 Å². The smallest absolute Gasteiger partial charge is 0.314 e. The van der Waals surface area contributed by atoms with Crippen molar-refractivity contribution in [2.75, 3.05) is 12.9 Å². The molecular weight excluding hydrogens is 342 g/mol. The van der Waals surface area contributed by atoms with E-state index >= 15 is 0 Å². The van der Waals surface area contributed by atoms with Crippen molar-refractivity contribution in [3.63, 3.8) is 0 Å². The second kappa shape index (κ2) is 6.48. The van der Waals surface area contributed by atoms with E-state index in [1.807, 2.05) is 4.57 Å². The average molecular weight is 361 g/mol. The number of ether oxygens (including phenoxy) is 1. The van der Waals surface area contributed by atoms with Crippen LogP contribution >= 0.6 is 0 Å². The molecule has 3 rings (SSSR count). The summed E-state index contributed by atoms with van der Waals surface area (Å²) in [5, 5.41) is 0. The van der Waals surface area contributed by atoms with E-state index in [1.165, 1.54) is 31.4 Å². The lowest BCUT2D eigenvalue weighted by atomic mass is 10.1. The van der Waals surface area contributed by atoms with E-state index in [0.717, 1.165) is 5.69 Å². The molecule has 132 valence electrons. The van der Waals surface area contributed by atoms with Crippen LogP contribution in [-0.4, -0.2) is 37.6 Å². The molecule has 25 heavy (non-hydrogen) atoms. The highest BCUT2D eigenvalue weighted by molar-refractivity contribution is 7.91. The van der Waals surface area contributed by atoms with Crippen molar-refractivity contribution in [1.29, 1.82) is 0 Å². The van der Waals surface area contributed by atoms with E-state index in [1.54, 1.807) is 19.1 Å². The summed E-state index contributed by atoms with van der Waals surface area (Å²) >= 11 is 0. The number of esters is 1. The molecule has 1 aromatic heterocycles. The number of methoxy groups -OCH3 is 1. The predicted octanol–water partition coefficient (Wildman–Crippen LogP) is 2.17. The molecule has 0 saturated carbocycles. The fraction of sp³-hybridized carbons (Fsp3) is 0.333. The Balaban J connectivity index is 1.90. The summed E-state index contributed by atoms with van der Waals surface area (Å²) in [6, 6.07) is 9.44. The van der Waals surface area contributed by atoms with Crippen LogP contribution in [0.4, 0.5) is 0 Å². The Morgan fingerprint density at radius 1 is 1.16 bits per heavy atom. The zero-order valence-corrected chi connectivity index (χ0v) is 14.9. The van der Waals surface area contributed by atoms with E-state index < -0.39 is 9.84 Å². The molecule has 1 atom stereocenters. The number of sulfone groups is 1. The van der Waals surface area contributed by atoms with E-state index in [4.69, 9.17) is 4.74 Å². The lowest BCUT2D eigenvalue weighted by Gasteiger charge is -2.07. The zero-order chi connectivity index (χ0) is 18.2. The van der Waals surface area contributed by atoms with E-state index in [-0.39, 0.29) is 28.3 Å². The molecule has 0 aliphatic carbocycles. The van der Waals surface area contributed by atoms with Crippen LogP contribution in [0.3, 0.4) is 0 Å². The topological polar surface area (TPSA) is 82.4 Å². The van der Waals surface area contributed by atoms with Crippen molar-refractivity contribution in [3.8, 4) is 0 Å². The van der Waals surface area contributed by atoms with Crippen LogP contribution < -0.4 is 0 Å². The van der Waals surface area contributed by atoms with Gasteiger partial charge in [-0.15, -0.1) is 0 Å². The minimum atomic E-state index is -3.29. The van der Waals surface area contributed by atoms with E-state index in [2.05, 4.69) is 0 Å². The van der Waals surface area contributed by atoms with Gasteiger partial charge in [0.1, 0.15) is 0 Å². The summed E-state index contributed by atoms with van der Waals surface area (Å²) in [7, 11) is -1.94. The van der Waals surface area contributed by atoms with Gasteiger partial charge in [-0.05, 0) is 42.8 Å². The van der Waals surface area contributed by atoms with Crippen LogP contribution in [-0.2, 0) is 25.9 Å². The van der Waals surface area contributed by atoms with Gasteiger partial charge >= 0.3 is 5.97 Å². The molecule has 1 aliphatic rings. The Hall–Kier alpha value is -2.41. The highest BCUT2D eigenvalue weighted by Gasteiger charge is 2.32. The largest absolute Gasteiger partial charge is 0.469 e. The van der Waals surface area contributed by atoms with Crippen molar-refractivity contribution in [3.05, 3.63) is 53.3 Å². The number of hydrogen-bond donors (Lipinski definition) is 0. The summed E-state index contributed by atoms with van der Waals surface area (Å²) < 4.78 is 30.4. The molecule has 0 fully saturated rings. The van der Waals surface area contributed by atoms with Gasteiger partial charge in [-0.2, -0.15) is 0 Å². The van der Waals surface area contributed by atoms with Crippen LogP contribution in [0.25, 0.3) is 0 Å². The summed E-state index contributed by atoms with van der Waals surface area (Å²) in [6.07, 6.45) is 0.608. The SMILES string of the molecule is CCS(=O)(=O)c1ccc(C(=O)c2ccc3n2CCC3C(=O)OC)cc1. The Morgan fingerprint density at radius 3 is 2.44 bits per heavy atom. The molecule has 0 N–H and O–H groups in total. The predicted molar refractivity (Wildman–Crippen MR) is 91.4 cm³/mol. The number of carbonyl (C=O) groups excluding carboxylic acids is 2. The van der Waals surface area contributed by atoms with Crippen molar-refractivity contribution in [2.24, 2.45) is 0 Å². The second-order valence-electron chi connectivity index (χ2n) is 5.92. The number of nitrogens with zero attached hydrogens (tertiary/aromatic N) is 1. The first-order chi connectivity index (χ1) is 11.9. The molecule has 1 unspecified atom stereocenters.